The monoisotopic (exact) mass is 393 g/mol. The Morgan fingerprint density at radius 2 is 1.95 bits per heavy atom. The van der Waals surface area contributed by atoms with E-state index in [2.05, 4.69) is 34.5 Å². The van der Waals surface area contributed by atoms with Crippen molar-refractivity contribution in [2.45, 2.75) is 50.5 Å². The lowest BCUT2D eigenvalue weighted by Gasteiger charge is -2.34. The maximum absolute atomic E-state index is 12.6. The van der Waals surface area contributed by atoms with E-state index < -0.39 is 10.0 Å². The molecule has 1 aromatic rings. The van der Waals surface area contributed by atoms with Crippen LogP contribution in [-0.4, -0.2) is 14.5 Å². The van der Waals surface area contributed by atoms with Gasteiger partial charge in [0.15, 0.2) is 0 Å². The number of nitrogens with one attached hydrogen (secondary N) is 1. The number of hydrogen-bond donors (Lipinski definition) is 1. The van der Waals surface area contributed by atoms with Crippen LogP contribution in [0.3, 0.4) is 0 Å². The Morgan fingerprint density at radius 3 is 2.57 bits per heavy atom. The average molecular weight is 395 g/mol. The summed E-state index contributed by atoms with van der Waals surface area (Å²) < 4.78 is 28.6. The molecule has 0 saturated heterocycles. The normalized spacial score (nSPS) is 23.5. The van der Waals surface area contributed by atoms with E-state index >= 15 is 0 Å². The predicted molar refractivity (Wildman–Crippen MR) is 90.1 cm³/mol. The quantitative estimate of drug-likeness (QED) is 0.811. The second-order valence-corrected chi connectivity index (χ2v) is 8.97. The molecule has 0 spiro atoms. The van der Waals surface area contributed by atoms with E-state index in [9.17, 15) is 8.42 Å². The lowest BCUT2D eigenvalue weighted by molar-refractivity contribution is 0.226. The van der Waals surface area contributed by atoms with Gasteiger partial charge in [0.2, 0.25) is 10.0 Å². The first-order valence-electron chi connectivity index (χ1n) is 7.28. The van der Waals surface area contributed by atoms with Crippen LogP contribution in [0.5, 0.6) is 0 Å². The molecule has 1 N–H and O–H groups in total. The number of benzene rings is 1. The van der Waals surface area contributed by atoms with Crippen molar-refractivity contribution in [1.82, 2.24) is 4.72 Å². The van der Waals surface area contributed by atoms with Gasteiger partial charge in [-0.25, -0.2) is 13.1 Å². The predicted octanol–water partition coefficient (Wildman–Crippen LogP) is 4.60. The minimum absolute atomic E-state index is 0.0261. The molecule has 2 unspecified atom stereocenters. The molecule has 118 valence electrons. The second kappa shape index (κ2) is 6.99. The van der Waals surface area contributed by atoms with Gasteiger partial charge in [-0.3, -0.25) is 0 Å². The smallest absolute Gasteiger partial charge is 0.208 e. The van der Waals surface area contributed by atoms with E-state index in [1.807, 2.05) is 0 Å². The highest BCUT2D eigenvalue weighted by atomic mass is 79.9. The minimum Gasteiger partial charge on any atom is -0.208 e. The van der Waals surface area contributed by atoms with Crippen LogP contribution in [0.15, 0.2) is 27.6 Å². The van der Waals surface area contributed by atoms with Gasteiger partial charge in [0.1, 0.15) is 0 Å². The number of rotatable bonds is 4. The molecule has 21 heavy (non-hydrogen) atoms. The Morgan fingerprint density at radius 1 is 1.29 bits per heavy atom. The van der Waals surface area contributed by atoms with Crippen LogP contribution in [0.1, 0.15) is 39.5 Å². The molecule has 0 aliphatic heterocycles. The van der Waals surface area contributed by atoms with Gasteiger partial charge in [-0.2, -0.15) is 0 Å². The topological polar surface area (TPSA) is 46.2 Å². The first-order valence-corrected chi connectivity index (χ1v) is 9.94. The van der Waals surface area contributed by atoms with Crippen molar-refractivity contribution < 1.29 is 8.42 Å². The molecule has 3 nitrogen and oxygen atoms in total. The molecule has 1 aromatic carbocycles. The average Bonchev–Trinajstić information content (AvgIpc) is 2.41. The summed E-state index contributed by atoms with van der Waals surface area (Å²) in [6.07, 6.45) is 4.28. The Hall–Kier alpha value is -0.100. The maximum Gasteiger partial charge on any atom is 0.240 e. The largest absolute Gasteiger partial charge is 0.240 e. The van der Waals surface area contributed by atoms with Crippen LogP contribution in [0, 0.1) is 11.8 Å². The lowest BCUT2D eigenvalue weighted by Crippen LogP contribution is -2.43. The molecule has 0 heterocycles. The molecule has 0 radical (unpaired) electrons. The molecular formula is C15H21BrClNO2S. The Labute approximate surface area is 140 Å². The Balaban J connectivity index is 2.21. The lowest BCUT2D eigenvalue weighted by atomic mass is 9.78. The molecule has 1 saturated carbocycles. The zero-order valence-electron chi connectivity index (χ0n) is 12.3. The summed E-state index contributed by atoms with van der Waals surface area (Å²) in [4.78, 5) is 0.256. The van der Waals surface area contributed by atoms with Gasteiger partial charge in [0, 0.05) is 10.5 Å². The highest BCUT2D eigenvalue weighted by molar-refractivity contribution is 9.10. The van der Waals surface area contributed by atoms with Crippen LogP contribution < -0.4 is 4.72 Å². The number of halogens is 2. The van der Waals surface area contributed by atoms with Crippen molar-refractivity contribution in [1.29, 1.82) is 0 Å². The standard InChI is InChI=1S/C15H21BrClNO2S/c1-10(2)12-5-3-4-6-15(12)18-21(19,20)11-7-8-14(17)13(16)9-11/h7-10,12,15,18H,3-6H2,1-2H3. The summed E-state index contributed by atoms with van der Waals surface area (Å²) in [7, 11) is -3.50. The van der Waals surface area contributed by atoms with Crippen molar-refractivity contribution in [2.75, 3.05) is 0 Å². The second-order valence-electron chi connectivity index (χ2n) is 6.00. The molecule has 1 aliphatic carbocycles. The first-order chi connectivity index (χ1) is 9.81. The summed E-state index contributed by atoms with van der Waals surface area (Å²) >= 11 is 9.20. The molecule has 6 heteroatoms. The highest BCUT2D eigenvalue weighted by Gasteiger charge is 2.31. The molecule has 1 aliphatic rings. The first kappa shape index (κ1) is 17.3. The van der Waals surface area contributed by atoms with Crippen LogP contribution in [0.25, 0.3) is 0 Å². The summed E-state index contributed by atoms with van der Waals surface area (Å²) in [5.41, 5.74) is 0. The van der Waals surface area contributed by atoms with Gasteiger partial charge in [0.25, 0.3) is 0 Å². The summed E-state index contributed by atoms with van der Waals surface area (Å²) in [6, 6.07) is 4.72. The van der Waals surface area contributed by atoms with E-state index in [0.717, 1.165) is 19.3 Å². The fraction of sp³-hybridized carbons (Fsp3) is 0.600. The summed E-state index contributed by atoms with van der Waals surface area (Å²) in [5.74, 6) is 0.888. The van der Waals surface area contributed by atoms with Gasteiger partial charge >= 0.3 is 0 Å². The van der Waals surface area contributed by atoms with E-state index in [1.54, 1.807) is 18.2 Å². The van der Waals surface area contributed by atoms with E-state index in [0.29, 0.717) is 21.3 Å². The third-order valence-electron chi connectivity index (χ3n) is 4.18. The fourth-order valence-electron chi connectivity index (χ4n) is 3.02. The zero-order valence-corrected chi connectivity index (χ0v) is 15.4. The van der Waals surface area contributed by atoms with Crippen molar-refractivity contribution in [3.8, 4) is 0 Å². The fourth-order valence-corrected chi connectivity index (χ4v) is 5.01. The summed E-state index contributed by atoms with van der Waals surface area (Å²) in [5, 5.41) is 0.506. The molecule has 1 fully saturated rings. The van der Waals surface area contributed by atoms with Crippen molar-refractivity contribution in [2.24, 2.45) is 11.8 Å². The minimum atomic E-state index is -3.50. The Bertz CT molecular complexity index is 604. The molecule has 2 rings (SSSR count). The van der Waals surface area contributed by atoms with Crippen molar-refractivity contribution >= 4 is 37.6 Å². The van der Waals surface area contributed by atoms with E-state index in [1.165, 1.54) is 6.42 Å². The Kier molecular flexibility index (Phi) is 5.74. The third kappa shape index (κ3) is 4.21. The molecule has 0 bridgehead atoms. The van der Waals surface area contributed by atoms with Gasteiger partial charge < -0.3 is 0 Å². The van der Waals surface area contributed by atoms with Gasteiger partial charge in [-0.1, -0.05) is 38.3 Å². The SMILES string of the molecule is CC(C)C1CCCCC1NS(=O)(=O)c1ccc(Cl)c(Br)c1. The van der Waals surface area contributed by atoms with Crippen LogP contribution in [0.2, 0.25) is 5.02 Å². The third-order valence-corrected chi connectivity index (χ3v) is 6.89. The molecule has 0 amide bonds. The molecule has 0 aromatic heterocycles. The highest BCUT2D eigenvalue weighted by Crippen LogP contribution is 2.32. The van der Waals surface area contributed by atoms with E-state index in [-0.39, 0.29) is 10.9 Å². The molecular weight excluding hydrogens is 374 g/mol. The van der Waals surface area contributed by atoms with Crippen LogP contribution >= 0.6 is 27.5 Å². The van der Waals surface area contributed by atoms with Crippen molar-refractivity contribution in [3.05, 3.63) is 27.7 Å². The zero-order chi connectivity index (χ0) is 15.6. The number of sulfonamides is 1. The van der Waals surface area contributed by atoms with Crippen LogP contribution in [0.4, 0.5) is 0 Å². The van der Waals surface area contributed by atoms with Gasteiger partial charge in [-0.15, -0.1) is 0 Å². The van der Waals surface area contributed by atoms with E-state index in [4.69, 9.17) is 11.6 Å². The molecule has 2 atom stereocenters. The maximum atomic E-state index is 12.6. The number of hydrogen-bond acceptors (Lipinski definition) is 2. The van der Waals surface area contributed by atoms with Crippen LogP contribution in [-0.2, 0) is 10.0 Å². The van der Waals surface area contributed by atoms with Gasteiger partial charge in [0.05, 0.1) is 9.92 Å². The summed E-state index contributed by atoms with van der Waals surface area (Å²) in [6.45, 7) is 4.33. The van der Waals surface area contributed by atoms with Gasteiger partial charge in [-0.05, 0) is 58.8 Å². The van der Waals surface area contributed by atoms with Crippen molar-refractivity contribution in [3.63, 3.8) is 0 Å².